The fourth-order valence-electron chi connectivity index (χ4n) is 1.28. The third-order valence-corrected chi connectivity index (χ3v) is 2.28. The topological polar surface area (TPSA) is 9.23 Å². The summed E-state index contributed by atoms with van der Waals surface area (Å²) in [6.45, 7) is 0. The second-order valence-electron chi connectivity index (χ2n) is 3.47. The second-order valence-corrected chi connectivity index (χ2v) is 3.47. The van der Waals surface area contributed by atoms with Crippen LogP contribution in [0.3, 0.4) is 0 Å². The lowest BCUT2D eigenvalue weighted by Crippen LogP contribution is -1.82. The SMILES string of the molecule is COc1cccc(/C=C/C2CC2)c1. The zero-order chi connectivity index (χ0) is 9.10. The van der Waals surface area contributed by atoms with E-state index in [0.29, 0.717) is 0 Å². The molecule has 1 aromatic carbocycles. The van der Waals surface area contributed by atoms with E-state index in [1.807, 2.05) is 12.1 Å². The summed E-state index contributed by atoms with van der Waals surface area (Å²) in [6, 6.07) is 8.14. The summed E-state index contributed by atoms with van der Waals surface area (Å²) in [4.78, 5) is 0. The van der Waals surface area contributed by atoms with Crippen LogP contribution in [0.2, 0.25) is 0 Å². The van der Waals surface area contributed by atoms with E-state index in [1.165, 1.54) is 18.4 Å². The lowest BCUT2D eigenvalue weighted by molar-refractivity contribution is 0.414. The average Bonchev–Trinajstić information content (AvgIpc) is 2.99. The molecule has 0 heterocycles. The Balaban J connectivity index is 2.09. The van der Waals surface area contributed by atoms with Gasteiger partial charge in [-0.2, -0.15) is 0 Å². The zero-order valence-electron chi connectivity index (χ0n) is 7.86. The Labute approximate surface area is 79.0 Å². The van der Waals surface area contributed by atoms with Crippen LogP contribution in [-0.4, -0.2) is 7.11 Å². The summed E-state index contributed by atoms with van der Waals surface area (Å²) in [5, 5.41) is 0. The maximum absolute atomic E-state index is 5.14. The minimum Gasteiger partial charge on any atom is -0.497 e. The van der Waals surface area contributed by atoms with Crippen LogP contribution in [0.4, 0.5) is 0 Å². The molecule has 0 N–H and O–H groups in total. The number of rotatable bonds is 3. The maximum atomic E-state index is 5.14. The molecule has 0 unspecified atom stereocenters. The molecule has 1 aliphatic rings. The minimum atomic E-state index is 0.839. The van der Waals surface area contributed by atoms with Crippen molar-refractivity contribution in [2.75, 3.05) is 7.11 Å². The monoisotopic (exact) mass is 174 g/mol. The van der Waals surface area contributed by atoms with Gasteiger partial charge >= 0.3 is 0 Å². The maximum Gasteiger partial charge on any atom is 0.119 e. The van der Waals surface area contributed by atoms with E-state index in [1.54, 1.807) is 7.11 Å². The molecule has 0 bridgehead atoms. The molecule has 68 valence electrons. The van der Waals surface area contributed by atoms with E-state index >= 15 is 0 Å². The van der Waals surface area contributed by atoms with Crippen LogP contribution >= 0.6 is 0 Å². The Morgan fingerprint density at radius 2 is 2.23 bits per heavy atom. The lowest BCUT2D eigenvalue weighted by atomic mass is 10.2. The number of hydrogen-bond donors (Lipinski definition) is 0. The van der Waals surface area contributed by atoms with Crippen molar-refractivity contribution < 1.29 is 4.74 Å². The summed E-state index contributed by atoms with van der Waals surface area (Å²) >= 11 is 0. The van der Waals surface area contributed by atoms with Gasteiger partial charge in [0.25, 0.3) is 0 Å². The van der Waals surface area contributed by atoms with Gasteiger partial charge < -0.3 is 4.74 Å². The summed E-state index contributed by atoms with van der Waals surface area (Å²) in [5.74, 6) is 1.77. The molecule has 0 atom stereocenters. The molecular weight excluding hydrogens is 160 g/mol. The Hall–Kier alpha value is -1.24. The third kappa shape index (κ3) is 2.35. The van der Waals surface area contributed by atoms with Gasteiger partial charge in [-0.1, -0.05) is 24.3 Å². The van der Waals surface area contributed by atoms with Crippen molar-refractivity contribution >= 4 is 6.08 Å². The van der Waals surface area contributed by atoms with Crippen molar-refractivity contribution in [3.05, 3.63) is 35.9 Å². The molecule has 1 nitrogen and oxygen atoms in total. The summed E-state index contributed by atoms with van der Waals surface area (Å²) < 4.78 is 5.14. The van der Waals surface area contributed by atoms with Crippen molar-refractivity contribution in [1.29, 1.82) is 0 Å². The van der Waals surface area contributed by atoms with Crippen LogP contribution in [0, 0.1) is 5.92 Å². The number of ether oxygens (including phenoxy) is 1. The fraction of sp³-hybridized carbons (Fsp3) is 0.333. The first-order valence-electron chi connectivity index (χ1n) is 4.71. The van der Waals surface area contributed by atoms with Gasteiger partial charge in [-0.25, -0.2) is 0 Å². The fourth-order valence-corrected chi connectivity index (χ4v) is 1.28. The molecule has 0 spiro atoms. The predicted octanol–water partition coefficient (Wildman–Crippen LogP) is 3.12. The van der Waals surface area contributed by atoms with Gasteiger partial charge in [0.2, 0.25) is 0 Å². The molecular formula is C12H14O. The molecule has 1 saturated carbocycles. The van der Waals surface area contributed by atoms with Gasteiger partial charge in [-0.3, -0.25) is 0 Å². The molecule has 0 radical (unpaired) electrons. The standard InChI is InChI=1S/C12H14O/c1-13-12-4-2-3-11(9-12)8-7-10-5-6-10/h2-4,7-10H,5-6H2,1H3/b8-7+. The number of benzene rings is 1. The first-order valence-corrected chi connectivity index (χ1v) is 4.71. The summed E-state index contributed by atoms with van der Waals surface area (Å²) in [7, 11) is 1.70. The molecule has 0 saturated heterocycles. The highest BCUT2D eigenvalue weighted by molar-refractivity contribution is 5.52. The quantitative estimate of drug-likeness (QED) is 0.684. The van der Waals surface area contributed by atoms with Gasteiger partial charge in [0.05, 0.1) is 7.11 Å². The Morgan fingerprint density at radius 3 is 2.92 bits per heavy atom. The molecule has 13 heavy (non-hydrogen) atoms. The Bertz CT molecular complexity index is 311. The van der Waals surface area contributed by atoms with Gasteiger partial charge in [0.15, 0.2) is 0 Å². The summed E-state index contributed by atoms with van der Waals surface area (Å²) in [6.07, 6.45) is 7.19. The number of hydrogen-bond acceptors (Lipinski definition) is 1. The lowest BCUT2D eigenvalue weighted by Gasteiger charge is -1.99. The van der Waals surface area contributed by atoms with Crippen LogP contribution in [0.15, 0.2) is 30.3 Å². The highest BCUT2D eigenvalue weighted by Gasteiger charge is 2.16. The first kappa shape index (κ1) is 8.36. The minimum absolute atomic E-state index is 0.839. The van der Waals surface area contributed by atoms with E-state index in [2.05, 4.69) is 24.3 Å². The Morgan fingerprint density at radius 1 is 1.38 bits per heavy atom. The molecule has 0 aromatic heterocycles. The number of methoxy groups -OCH3 is 1. The number of allylic oxidation sites excluding steroid dienone is 1. The van der Waals surface area contributed by atoms with Gasteiger partial charge in [-0.15, -0.1) is 0 Å². The molecule has 0 amide bonds. The van der Waals surface area contributed by atoms with E-state index in [4.69, 9.17) is 4.74 Å². The molecule has 1 aromatic rings. The average molecular weight is 174 g/mol. The molecule has 1 fully saturated rings. The van der Waals surface area contributed by atoms with Crippen LogP contribution in [0.1, 0.15) is 18.4 Å². The van der Waals surface area contributed by atoms with Gasteiger partial charge in [0.1, 0.15) is 5.75 Å². The van der Waals surface area contributed by atoms with Crippen LogP contribution < -0.4 is 4.74 Å². The van der Waals surface area contributed by atoms with E-state index in [9.17, 15) is 0 Å². The second kappa shape index (κ2) is 3.65. The molecule has 1 heteroatoms. The molecule has 0 aliphatic heterocycles. The van der Waals surface area contributed by atoms with Crippen molar-refractivity contribution in [1.82, 2.24) is 0 Å². The van der Waals surface area contributed by atoms with Crippen molar-refractivity contribution in [2.45, 2.75) is 12.8 Å². The smallest absolute Gasteiger partial charge is 0.119 e. The van der Waals surface area contributed by atoms with E-state index < -0.39 is 0 Å². The van der Waals surface area contributed by atoms with Crippen molar-refractivity contribution in [3.8, 4) is 5.75 Å². The van der Waals surface area contributed by atoms with Crippen molar-refractivity contribution in [3.63, 3.8) is 0 Å². The van der Waals surface area contributed by atoms with E-state index in [0.717, 1.165) is 11.7 Å². The predicted molar refractivity (Wildman–Crippen MR) is 54.8 cm³/mol. The molecule has 2 rings (SSSR count). The highest BCUT2D eigenvalue weighted by atomic mass is 16.5. The van der Waals surface area contributed by atoms with E-state index in [-0.39, 0.29) is 0 Å². The largest absolute Gasteiger partial charge is 0.497 e. The van der Waals surface area contributed by atoms with Crippen LogP contribution in [0.5, 0.6) is 5.75 Å². The Kier molecular flexibility index (Phi) is 2.35. The normalized spacial score (nSPS) is 16.4. The van der Waals surface area contributed by atoms with Crippen LogP contribution in [-0.2, 0) is 0 Å². The zero-order valence-corrected chi connectivity index (χ0v) is 7.86. The highest BCUT2D eigenvalue weighted by Crippen LogP contribution is 2.31. The van der Waals surface area contributed by atoms with Crippen molar-refractivity contribution in [2.24, 2.45) is 5.92 Å². The molecule has 1 aliphatic carbocycles. The summed E-state index contributed by atoms with van der Waals surface area (Å²) in [5.41, 5.74) is 1.23. The third-order valence-electron chi connectivity index (χ3n) is 2.28. The van der Waals surface area contributed by atoms with Gasteiger partial charge in [0, 0.05) is 0 Å². The first-order chi connectivity index (χ1) is 6.38. The van der Waals surface area contributed by atoms with Crippen LogP contribution in [0.25, 0.3) is 6.08 Å². The van der Waals surface area contributed by atoms with Gasteiger partial charge in [-0.05, 0) is 36.5 Å².